The number of nitrogens with zero attached hydrogens (tertiary/aromatic N) is 1. The standard InChI is InChI=1S/C7H11N3O/c1-6(11)9-10-5-3-2-4-7(10)8/h2-5,7H,8H2,1H3,(H,9,11). The predicted molar refractivity (Wildman–Crippen MR) is 41.9 cm³/mol. The maximum Gasteiger partial charge on any atom is 0.235 e. The topological polar surface area (TPSA) is 58.4 Å². The minimum absolute atomic E-state index is 0.125. The Bertz CT molecular complexity index is 210. The van der Waals surface area contributed by atoms with Gasteiger partial charge in [-0.2, -0.15) is 0 Å². The molecule has 1 amide bonds. The average Bonchev–Trinajstić information content (AvgIpc) is 1.93. The van der Waals surface area contributed by atoms with Crippen LogP contribution in [0.15, 0.2) is 24.4 Å². The van der Waals surface area contributed by atoms with Gasteiger partial charge in [0.2, 0.25) is 5.91 Å². The van der Waals surface area contributed by atoms with E-state index in [1.165, 1.54) is 6.92 Å². The van der Waals surface area contributed by atoms with E-state index in [4.69, 9.17) is 5.73 Å². The van der Waals surface area contributed by atoms with Crippen LogP contribution in [0.25, 0.3) is 0 Å². The van der Waals surface area contributed by atoms with E-state index >= 15 is 0 Å². The van der Waals surface area contributed by atoms with E-state index in [-0.39, 0.29) is 12.1 Å². The molecule has 0 aromatic heterocycles. The SMILES string of the molecule is CC(=O)NN1C=CC=CC1N. The third kappa shape index (κ3) is 2.09. The van der Waals surface area contributed by atoms with Crippen molar-refractivity contribution in [1.82, 2.24) is 10.4 Å². The van der Waals surface area contributed by atoms with Crippen molar-refractivity contribution in [3.63, 3.8) is 0 Å². The van der Waals surface area contributed by atoms with Gasteiger partial charge in [0.1, 0.15) is 6.17 Å². The summed E-state index contributed by atoms with van der Waals surface area (Å²) in [7, 11) is 0. The lowest BCUT2D eigenvalue weighted by molar-refractivity contribution is -0.123. The molecule has 60 valence electrons. The van der Waals surface area contributed by atoms with Crippen LogP contribution in [0.1, 0.15) is 6.92 Å². The molecule has 4 nitrogen and oxygen atoms in total. The number of carbonyl (C=O) groups excluding carboxylic acids is 1. The number of carbonyl (C=O) groups is 1. The van der Waals surface area contributed by atoms with Crippen LogP contribution in [0.3, 0.4) is 0 Å². The normalized spacial score (nSPS) is 22.0. The molecular weight excluding hydrogens is 142 g/mol. The molecule has 0 aliphatic carbocycles. The molecular formula is C7H11N3O. The van der Waals surface area contributed by atoms with Gasteiger partial charge in [-0.3, -0.25) is 15.2 Å². The molecule has 0 saturated heterocycles. The predicted octanol–water partition coefficient (Wildman–Crippen LogP) is -0.292. The van der Waals surface area contributed by atoms with Crippen LogP contribution < -0.4 is 11.2 Å². The first-order valence-corrected chi connectivity index (χ1v) is 3.36. The highest BCUT2D eigenvalue weighted by Gasteiger charge is 2.08. The fourth-order valence-corrected chi connectivity index (χ4v) is 0.806. The summed E-state index contributed by atoms with van der Waals surface area (Å²) in [5.74, 6) is -0.125. The van der Waals surface area contributed by atoms with Gasteiger partial charge in [0.15, 0.2) is 0 Å². The maximum atomic E-state index is 10.6. The van der Waals surface area contributed by atoms with Crippen LogP contribution in [0, 0.1) is 0 Å². The van der Waals surface area contributed by atoms with E-state index in [1.807, 2.05) is 6.08 Å². The summed E-state index contributed by atoms with van der Waals surface area (Å²) in [6.45, 7) is 1.44. The molecule has 0 spiro atoms. The number of nitrogens with two attached hydrogens (primary N) is 1. The van der Waals surface area contributed by atoms with Gasteiger partial charge in [-0.1, -0.05) is 6.08 Å². The largest absolute Gasteiger partial charge is 0.306 e. The molecule has 1 unspecified atom stereocenters. The molecule has 11 heavy (non-hydrogen) atoms. The Labute approximate surface area is 65.3 Å². The van der Waals surface area contributed by atoms with Gasteiger partial charge in [0.25, 0.3) is 0 Å². The first-order valence-electron chi connectivity index (χ1n) is 3.36. The second-order valence-electron chi connectivity index (χ2n) is 2.29. The van der Waals surface area contributed by atoms with Gasteiger partial charge in [-0.05, 0) is 12.2 Å². The van der Waals surface area contributed by atoms with Crippen molar-refractivity contribution < 1.29 is 4.79 Å². The van der Waals surface area contributed by atoms with Gasteiger partial charge in [0, 0.05) is 13.1 Å². The minimum Gasteiger partial charge on any atom is -0.306 e. The smallest absolute Gasteiger partial charge is 0.235 e. The third-order valence-corrected chi connectivity index (χ3v) is 1.27. The van der Waals surface area contributed by atoms with Crippen LogP contribution in [0.5, 0.6) is 0 Å². The van der Waals surface area contributed by atoms with Crippen LogP contribution in [-0.2, 0) is 4.79 Å². The van der Waals surface area contributed by atoms with Crippen molar-refractivity contribution >= 4 is 5.91 Å². The zero-order valence-corrected chi connectivity index (χ0v) is 6.32. The quantitative estimate of drug-likeness (QED) is 0.544. The van der Waals surface area contributed by atoms with Crippen molar-refractivity contribution in [3.8, 4) is 0 Å². The Morgan fingerprint density at radius 2 is 2.36 bits per heavy atom. The summed E-state index contributed by atoms with van der Waals surface area (Å²) < 4.78 is 0. The van der Waals surface area contributed by atoms with Crippen molar-refractivity contribution in [2.45, 2.75) is 13.1 Å². The first kappa shape index (κ1) is 7.81. The molecule has 1 heterocycles. The number of hydrazine groups is 1. The van der Waals surface area contributed by atoms with Gasteiger partial charge in [-0.25, -0.2) is 0 Å². The molecule has 0 fully saturated rings. The lowest BCUT2D eigenvalue weighted by Crippen LogP contribution is -2.48. The fraction of sp³-hybridized carbons (Fsp3) is 0.286. The summed E-state index contributed by atoms with van der Waals surface area (Å²) in [5, 5.41) is 1.54. The van der Waals surface area contributed by atoms with Gasteiger partial charge in [0.05, 0.1) is 0 Å². The Balaban J connectivity index is 2.52. The minimum atomic E-state index is -0.260. The Morgan fingerprint density at radius 3 is 2.91 bits per heavy atom. The Hall–Kier alpha value is -1.29. The van der Waals surface area contributed by atoms with E-state index in [1.54, 1.807) is 23.4 Å². The summed E-state index contributed by atoms with van der Waals surface area (Å²) >= 11 is 0. The zero-order chi connectivity index (χ0) is 8.27. The van der Waals surface area contributed by atoms with E-state index < -0.39 is 0 Å². The number of hydrogen-bond donors (Lipinski definition) is 2. The van der Waals surface area contributed by atoms with Crippen LogP contribution >= 0.6 is 0 Å². The summed E-state index contributed by atoms with van der Waals surface area (Å²) in [6.07, 6.45) is 6.88. The third-order valence-electron chi connectivity index (χ3n) is 1.27. The molecule has 0 aromatic carbocycles. The Kier molecular flexibility index (Phi) is 2.28. The van der Waals surface area contributed by atoms with Gasteiger partial charge in [-0.15, -0.1) is 0 Å². The number of hydrogen-bond acceptors (Lipinski definition) is 3. The summed E-state index contributed by atoms with van der Waals surface area (Å²) in [6, 6.07) is 0. The van der Waals surface area contributed by atoms with Crippen molar-refractivity contribution in [3.05, 3.63) is 24.4 Å². The molecule has 3 N–H and O–H groups in total. The molecule has 1 aliphatic heterocycles. The summed E-state index contributed by atoms with van der Waals surface area (Å²) in [4.78, 5) is 10.6. The molecule has 0 aromatic rings. The lowest BCUT2D eigenvalue weighted by Gasteiger charge is -2.26. The van der Waals surface area contributed by atoms with E-state index in [2.05, 4.69) is 5.43 Å². The molecule has 4 heteroatoms. The molecule has 0 radical (unpaired) electrons. The highest BCUT2D eigenvalue weighted by atomic mass is 16.2. The monoisotopic (exact) mass is 153 g/mol. The highest BCUT2D eigenvalue weighted by molar-refractivity contribution is 5.72. The molecule has 0 bridgehead atoms. The lowest BCUT2D eigenvalue weighted by atomic mass is 10.3. The van der Waals surface area contributed by atoms with Gasteiger partial charge >= 0.3 is 0 Å². The molecule has 1 rings (SSSR count). The fourth-order valence-electron chi connectivity index (χ4n) is 0.806. The molecule has 1 atom stereocenters. The second kappa shape index (κ2) is 3.21. The van der Waals surface area contributed by atoms with E-state index in [0.717, 1.165) is 0 Å². The van der Waals surface area contributed by atoms with E-state index in [0.29, 0.717) is 0 Å². The summed E-state index contributed by atoms with van der Waals surface area (Å²) in [5.41, 5.74) is 8.16. The zero-order valence-electron chi connectivity index (χ0n) is 6.32. The number of allylic oxidation sites excluding steroid dienone is 2. The van der Waals surface area contributed by atoms with E-state index in [9.17, 15) is 4.79 Å². The second-order valence-corrected chi connectivity index (χ2v) is 2.29. The number of nitrogens with one attached hydrogen (secondary N) is 1. The number of rotatable bonds is 1. The molecule has 1 aliphatic rings. The van der Waals surface area contributed by atoms with Crippen LogP contribution in [0.4, 0.5) is 0 Å². The number of amides is 1. The first-order chi connectivity index (χ1) is 5.20. The van der Waals surface area contributed by atoms with Crippen LogP contribution in [0.2, 0.25) is 0 Å². The Morgan fingerprint density at radius 1 is 1.64 bits per heavy atom. The van der Waals surface area contributed by atoms with Crippen molar-refractivity contribution in [2.24, 2.45) is 5.73 Å². The molecule has 0 saturated carbocycles. The highest BCUT2D eigenvalue weighted by Crippen LogP contribution is 1.98. The van der Waals surface area contributed by atoms with Crippen molar-refractivity contribution in [2.75, 3.05) is 0 Å². The van der Waals surface area contributed by atoms with Crippen molar-refractivity contribution in [1.29, 1.82) is 0 Å². The average molecular weight is 153 g/mol. The van der Waals surface area contributed by atoms with Crippen LogP contribution in [-0.4, -0.2) is 17.1 Å². The maximum absolute atomic E-state index is 10.6. The van der Waals surface area contributed by atoms with Gasteiger partial charge < -0.3 is 5.73 Å².